The molecule has 0 bridgehead atoms. The van der Waals surface area contributed by atoms with Crippen LogP contribution in [0.5, 0.6) is 11.5 Å². The van der Waals surface area contributed by atoms with E-state index in [1.54, 1.807) is 35.0 Å². The van der Waals surface area contributed by atoms with Gasteiger partial charge in [0.05, 0.1) is 13.2 Å². The number of rotatable bonds is 7. The minimum absolute atomic E-state index is 0.257. The van der Waals surface area contributed by atoms with Crippen LogP contribution in [0.3, 0.4) is 0 Å². The van der Waals surface area contributed by atoms with Crippen molar-refractivity contribution in [2.75, 3.05) is 24.4 Å². The Bertz CT molecular complexity index is 1160. The highest BCUT2D eigenvalue weighted by molar-refractivity contribution is 5.95. The second kappa shape index (κ2) is 8.80. The zero-order valence-corrected chi connectivity index (χ0v) is 17.3. The predicted molar refractivity (Wildman–Crippen MR) is 117 cm³/mol. The largest absolute Gasteiger partial charge is 0.493 e. The first-order valence-electron chi connectivity index (χ1n) is 9.78. The molecule has 0 saturated heterocycles. The summed E-state index contributed by atoms with van der Waals surface area (Å²) in [5, 5.41) is 10.3. The van der Waals surface area contributed by atoms with Crippen molar-refractivity contribution in [1.82, 2.24) is 14.8 Å². The number of methoxy groups -OCH3 is 1. The Morgan fingerprint density at radius 3 is 2.72 bits per heavy atom. The molecule has 2 amide bonds. The first kappa shape index (κ1) is 20.9. The Morgan fingerprint density at radius 1 is 1.22 bits per heavy atom. The van der Waals surface area contributed by atoms with Crippen LogP contribution >= 0.6 is 0 Å². The molecule has 2 atom stereocenters. The molecule has 2 heterocycles. The third kappa shape index (κ3) is 4.10. The van der Waals surface area contributed by atoms with Gasteiger partial charge in [0.15, 0.2) is 18.1 Å². The number of anilines is 2. The molecule has 164 valence electrons. The molecule has 0 spiro atoms. The average Bonchev–Trinajstić information content (AvgIpc) is 3.25. The molecule has 1 aliphatic heterocycles. The van der Waals surface area contributed by atoms with E-state index in [-0.39, 0.29) is 12.5 Å². The molecule has 1 aromatic heterocycles. The van der Waals surface area contributed by atoms with Crippen LogP contribution < -0.4 is 25.8 Å². The maximum atomic E-state index is 13.3. The monoisotopic (exact) mass is 434 g/mol. The van der Waals surface area contributed by atoms with Gasteiger partial charge in [-0.15, -0.1) is 0 Å². The third-order valence-corrected chi connectivity index (χ3v) is 5.02. The summed E-state index contributed by atoms with van der Waals surface area (Å²) in [4.78, 5) is 28.6. The number of nitrogens with zero attached hydrogens (tertiary/aromatic N) is 3. The van der Waals surface area contributed by atoms with Crippen LogP contribution in [0, 0.1) is 5.92 Å². The van der Waals surface area contributed by atoms with Gasteiger partial charge < -0.3 is 25.8 Å². The number of primary amides is 1. The Labute approximate surface area is 184 Å². The van der Waals surface area contributed by atoms with Gasteiger partial charge in [0, 0.05) is 11.4 Å². The highest BCUT2D eigenvalue weighted by Gasteiger charge is 2.40. The van der Waals surface area contributed by atoms with Crippen LogP contribution in [0.4, 0.5) is 11.6 Å². The molecule has 0 fully saturated rings. The van der Waals surface area contributed by atoms with Crippen molar-refractivity contribution in [2.24, 2.45) is 11.7 Å². The number of carbonyl (C=O) groups excluding carboxylic acids is 2. The minimum atomic E-state index is -0.702. The molecule has 10 nitrogen and oxygen atoms in total. The van der Waals surface area contributed by atoms with Gasteiger partial charge in [0.2, 0.25) is 11.9 Å². The van der Waals surface area contributed by atoms with Crippen LogP contribution in [-0.2, 0) is 9.59 Å². The first-order chi connectivity index (χ1) is 15.5. The van der Waals surface area contributed by atoms with Crippen molar-refractivity contribution in [3.8, 4) is 11.5 Å². The summed E-state index contributed by atoms with van der Waals surface area (Å²) in [6.45, 7) is 3.78. The lowest BCUT2D eigenvalue weighted by Crippen LogP contribution is -2.39. The zero-order valence-electron chi connectivity index (χ0n) is 17.3. The van der Waals surface area contributed by atoms with E-state index in [4.69, 9.17) is 15.2 Å². The number of aromatic nitrogens is 3. The molecule has 0 unspecified atom stereocenters. The van der Waals surface area contributed by atoms with Crippen LogP contribution in [0.25, 0.3) is 0 Å². The molecule has 1 aliphatic rings. The Hall–Kier alpha value is -4.34. The molecular formula is C22H22N6O4. The number of hydrogen-bond donors (Lipinski definition) is 3. The highest BCUT2D eigenvalue weighted by Crippen LogP contribution is 2.40. The maximum absolute atomic E-state index is 13.3. The van der Waals surface area contributed by atoms with Crippen molar-refractivity contribution in [2.45, 2.75) is 6.04 Å². The highest BCUT2D eigenvalue weighted by atomic mass is 16.5. The number of ether oxygens (including phenoxy) is 2. The number of nitrogens with one attached hydrogen (secondary N) is 2. The summed E-state index contributed by atoms with van der Waals surface area (Å²) in [5.74, 6) is -0.351. The van der Waals surface area contributed by atoms with E-state index in [0.29, 0.717) is 28.8 Å². The normalized spacial score (nSPS) is 17.1. The van der Waals surface area contributed by atoms with Gasteiger partial charge in [0.25, 0.3) is 5.91 Å². The van der Waals surface area contributed by atoms with Crippen LogP contribution in [0.15, 0.2) is 67.1 Å². The number of amides is 2. The van der Waals surface area contributed by atoms with E-state index in [1.807, 2.05) is 18.2 Å². The summed E-state index contributed by atoms with van der Waals surface area (Å²) < 4.78 is 12.5. The van der Waals surface area contributed by atoms with Gasteiger partial charge in [-0.2, -0.15) is 10.1 Å². The Balaban J connectivity index is 1.72. The minimum Gasteiger partial charge on any atom is -0.493 e. The molecule has 0 aliphatic carbocycles. The van der Waals surface area contributed by atoms with E-state index >= 15 is 0 Å². The quantitative estimate of drug-likeness (QED) is 0.517. The van der Waals surface area contributed by atoms with Crippen LogP contribution in [0.1, 0.15) is 11.6 Å². The van der Waals surface area contributed by atoms with Gasteiger partial charge >= 0.3 is 0 Å². The molecule has 4 N–H and O–H groups in total. The lowest BCUT2D eigenvalue weighted by molar-refractivity contribution is -0.120. The van der Waals surface area contributed by atoms with Crippen molar-refractivity contribution < 1.29 is 19.1 Å². The standard InChI is InChI=1S/C22H22N6O4/c1-13-19(21(30)27-15-6-4-3-5-7-15)20(28-22(26-13)24-12-25-28)14-8-9-16(17(10-14)31-2)32-11-18(23)29/h3-10,12,19-20H,1,11H2,2H3,(H2,23,29)(H,27,30)(H,24,25,26)/t19-,20+/m0/s1. The summed E-state index contributed by atoms with van der Waals surface area (Å²) in [6.07, 6.45) is 1.40. The van der Waals surface area contributed by atoms with E-state index in [1.165, 1.54) is 13.4 Å². The smallest absolute Gasteiger partial charge is 0.255 e. The Kier molecular flexibility index (Phi) is 5.75. The summed E-state index contributed by atoms with van der Waals surface area (Å²) in [5.41, 5.74) is 7.04. The predicted octanol–water partition coefficient (Wildman–Crippen LogP) is 1.93. The van der Waals surface area contributed by atoms with Gasteiger partial charge in [-0.05, 0) is 29.8 Å². The zero-order chi connectivity index (χ0) is 22.7. The molecule has 4 rings (SSSR count). The van der Waals surface area contributed by atoms with E-state index in [0.717, 1.165) is 5.56 Å². The molecule has 32 heavy (non-hydrogen) atoms. The number of benzene rings is 2. The van der Waals surface area contributed by atoms with Crippen molar-refractivity contribution in [3.05, 3.63) is 72.7 Å². The second-order valence-corrected chi connectivity index (χ2v) is 7.12. The van der Waals surface area contributed by atoms with E-state index in [2.05, 4.69) is 27.3 Å². The number of carbonyl (C=O) groups is 2. The van der Waals surface area contributed by atoms with E-state index in [9.17, 15) is 9.59 Å². The number of hydrogen-bond acceptors (Lipinski definition) is 7. The van der Waals surface area contributed by atoms with Crippen LogP contribution in [0.2, 0.25) is 0 Å². The summed E-state index contributed by atoms with van der Waals surface area (Å²) >= 11 is 0. The van der Waals surface area contributed by atoms with Crippen molar-refractivity contribution in [1.29, 1.82) is 0 Å². The summed E-state index contributed by atoms with van der Waals surface area (Å²) in [6, 6.07) is 13.8. The molecule has 0 saturated carbocycles. The molecular weight excluding hydrogens is 412 g/mol. The lowest BCUT2D eigenvalue weighted by atomic mass is 9.88. The van der Waals surface area contributed by atoms with Gasteiger partial charge in [0.1, 0.15) is 12.2 Å². The van der Waals surface area contributed by atoms with Crippen molar-refractivity contribution in [3.63, 3.8) is 0 Å². The van der Waals surface area contributed by atoms with Crippen molar-refractivity contribution >= 4 is 23.5 Å². The lowest BCUT2D eigenvalue weighted by Gasteiger charge is -2.34. The summed E-state index contributed by atoms with van der Waals surface area (Å²) in [7, 11) is 1.48. The Morgan fingerprint density at radius 2 is 2.00 bits per heavy atom. The number of nitrogens with two attached hydrogens (primary N) is 1. The molecule has 0 radical (unpaired) electrons. The second-order valence-electron chi connectivity index (χ2n) is 7.12. The van der Waals surface area contributed by atoms with Crippen LogP contribution in [-0.4, -0.2) is 40.3 Å². The molecule has 2 aromatic carbocycles. The third-order valence-electron chi connectivity index (χ3n) is 5.02. The number of para-hydroxylation sites is 1. The molecule has 10 heteroatoms. The van der Waals surface area contributed by atoms with E-state index < -0.39 is 17.9 Å². The topological polar surface area (TPSA) is 133 Å². The fraction of sp³-hybridized carbons (Fsp3) is 0.182. The fourth-order valence-electron chi connectivity index (χ4n) is 3.61. The molecule has 3 aromatic rings. The number of fused-ring (bicyclic) bond motifs is 1. The maximum Gasteiger partial charge on any atom is 0.255 e. The van der Waals surface area contributed by atoms with Gasteiger partial charge in [-0.1, -0.05) is 30.8 Å². The first-order valence-corrected chi connectivity index (χ1v) is 9.78. The fourth-order valence-corrected chi connectivity index (χ4v) is 3.61. The SMILES string of the molecule is C=C1Nc2ncnn2[C@H](c2ccc(OCC(N)=O)c(OC)c2)[C@H]1C(=O)Nc1ccccc1. The average molecular weight is 434 g/mol. The van der Waals surface area contributed by atoms with Gasteiger partial charge in [-0.3, -0.25) is 9.59 Å². The van der Waals surface area contributed by atoms with Gasteiger partial charge in [-0.25, -0.2) is 4.68 Å².